The van der Waals surface area contributed by atoms with E-state index < -0.39 is 0 Å². The average molecular weight is 434 g/mol. The number of nitrogens with zero attached hydrogens (tertiary/aromatic N) is 3. The van der Waals surface area contributed by atoms with Gasteiger partial charge in [-0.25, -0.2) is 4.98 Å². The maximum Gasteiger partial charge on any atom is 0.224 e. The molecule has 2 rings (SSSR count). The summed E-state index contributed by atoms with van der Waals surface area (Å²) in [5.74, 6) is 1.10. The number of hydrogen-bond acceptors (Lipinski definition) is 5. The number of piperazine rings is 1. The van der Waals surface area contributed by atoms with E-state index in [0.717, 1.165) is 44.6 Å². The third-order valence-electron chi connectivity index (χ3n) is 4.62. The Hall–Kier alpha value is -1.57. The maximum absolute atomic E-state index is 12.3. The topological polar surface area (TPSA) is 91.6 Å². The molecular weight excluding hydrogens is 401 g/mol. The summed E-state index contributed by atoms with van der Waals surface area (Å²) in [6.45, 7) is 4.11. The molecule has 0 saturated carbocycles. The zero-order chi connectivity index (χ0) is 18.6. The van der Waals surface area contributed by atoms with Gasteiger partial charge in [-0.1, -0.05) is 18.9 Å². The lowest BCUT2D eigenvalue weighted by molar-refractivity contribution is -0.131. The Morgan fingerprint density at radius 2 is 1.71 bits per heavy atom. The van der Waals surface area contributed by atoms with Crippen LogP contribution in [0.3, 0.4) is 0 Å². The molecule has 0 aromatic carbocycles. The molecule has 28 heavy (non-hydrogen) atoms. The van der Waals surface area contributed by atoms with Gasteiger partial charge in [-0.3, -0.25) is 9.59 Å². The molecule has 9 heteroatoms. The predicted molar refractivity (Wildman–Crippen MR) is 117 cm³/mol. The highest BCUT2D eigenvalue weighted by molar-refractivity contribution is 5.85. The number of unbranched alkanes of at least 4 members (excludes halogenated alkanes) is 3. The molecule has 0 aliphatic carbocycles. The number of hydrogen-bond donors (Lipinski definition) is 2. The number of nitrogens with two attached hydrogens (primary N) is 1. The molecule has 0 atom stereocenters. The van der Waals surface area contributed by atoms with Gasteiger partial charge in [0.25, 0.3) is 0 Å². The fourth-order valence-corrected chi connectivity index (χ4v) is 3.06. The minimum Gasteiger partial charge on any atom is -0.356 e. The van der Waals surface area contributed by atoms with Crippen molar-refractivity contribution in [1.82, 2.24) is 15.2 Å². The van der Waals surface area contributed by atoms with Gasteiger partial charge in [0.15, 0.2) is 0 Å². The van der Waals surface area contributed by atoms with Gasteiger partial charge >= 0.3 is 0 Å². The highest BCUT2D eigenvalue weighted by atomic mass is 35.5. The van der Waals surface area contributed by atoms with E-state index in [0.29, 0.717) is 39.0 Å². The number of anilines is 1. The molecule has 0 bridgehead atoms. The van der Waals surface area contributed by atoms with Gasteiger partial charge in [0.05, 0.1) is 0 Å². The SMILES string of the molecule is Cl.Cl.NCCCCCCC(=O)NCCC(=O)N1CCN(c2ccccn2)CC1. The van der Waals surface area contributed by atoms with Crippen LogP contribution in [0.2, 0.25) is 0 Å². The highest BCUT2D eigenvalue weighted by Gasteiger charge is 2.21. The van der Waals surface area contributed by atoms with Crippen LogP contribution in [0.5, 0.6) is 0 Å². The van der Waals surface area contributed by atoms with E-state index in [1.807, 2.05) is 23.1 Å². The normalized spacial score (nSPS) is 13.3. The van der Waals surface area contributed by atoms with Crippen LogP contribution in [0.4, 0.5) is 5.82 Å². The van der Waals surface area contributed by atoms with Crippen LogP contribution in [-0.4, -0.2) is 61.0 Å². The van der Waals surface area contributed by atoms with E-state index >= 15 is 0 Å². The molecule has 1 aliphatic rings. The van der Waals surface area contributed by atoms with Crippen LogP contribution in [0.25, 0.3) is 0 Å². The minimum atomic E-state index is 0. The third kappa shape index (κ3) is 9.57. The van der Waals surface area contributed by atoms with E-state index in [4.69, 9.17) is 5.73 Å². The van der Waals surface area contributed by atoms with Gasteiger partial charge in [-0.15, -0.1) is 24.8 Å². The van der Waals surface area contributed by atoms with Crippen molar-refractivity contribution < 1.29 is 9.59 Å². The Balaban J connectivity index is 0.00000364. The molecule has 1 aliphatic heterocycles. The molecule has 3 N–H and O–H groups in total. The first kappa shape index (κ1) is 26.4. The Morgan fingerprint density at radius 3 is 2.36 bits per heavy atom. The second-order valence-electron chi connectivity index (χ2n) is 6.61. The van der Waals surface area contributed by atoms with E-state index in [1.54, 1.807) is 6.20 Å². The van der Waals surface area contributed by atoms with Crippen molar-refractivity contribution in [1.29, 1.82) is 0 Å². The number of nitrogens with one attached hydrogen (secondary N) is 1. The average Bonchev–Trinajstić information content (AvgIpc) is 2.68. The van der Waals surface area contributed by atoms with Gasteiger partial charge in [-0.2, -0.15) is 0 Å². The number of aromatic nitrogens is 1. The second kappa shape index (κ2) is 15.4. The highest BCUT2D eigenvalue weighted by Crippen LogP contribution is 2.12. The summed E-state index contributed by atoms with van der Waals surface area (Å²) in [5.41, 5.74) is 5.44. The molecule has 7 nitrogen and oxygen atoms in total. The van der Waals surface area contributed by atoms with Gasteiger partial charge in [0.2, 0.25) is 11.8 Å². The summed E-state index contributed by atoms with van der Waals surface area (Å²) in [6.07, 6.45) is 6.69. The second-order valence-corrected chi connectivity index (χ2v) is 6.61. The largest absolute Gasteiger partial charge is 0.356 e. The Labute approximate surface area is 180 Å². The maximum atomic E-state index is 12.3. The Bertz CT molecular complexity index is 555. The fraction of sp³-hybridized carbons (Fsp3) is 0.632. The molecule has 0 radical (unpaired) electrons. The first-order valence-corrected chi connectivity index (χ1v) is 9.61. The smallest absolute Gasteiger partial charge is 0.224 e. The Kier molecular flexibility index (Phi) is 14.5. The number of halogens is 2. The molecule has 1 aromatic heterocycles. The van der Waals surface area contributed by atoms with Crippen LogP contribution in [-0.2, 0) is 9.59 Å². The molecule has 0 spiro atoms. The van der Waals surface area contributed by atoms with E-state index in [-0.39, 0.29) is 36.6 Å². The zero-order valence-electron chi connectivity index (χ0n) is 16.3. The lowest BCUT2D eigenvalue weighted by atomic mass is 10.1. The monoisotopic (exact) mass is 433 g/mol. The van der Waals surface area contributed by atoms with Gasteiger partial charge in [-0.05, 0) is 31.5 Å². The van der Waals surface area contributed by atoms with Crippen LogP contribution in [0.1, 0.15) is 38.5 Å². The van der Waals surface area contributed by atoms with Gasteiger partial charge in [0.1, 0.15) is 5.82 Å². The molecule has 1 aromatic rings. The summed E-state index contributed by atoms with van der Waals surface area (Å²) < 4.78 is 0. The van der Waals surface area contributed by atoms with E-state index in [1.165, 1.54) is 0 Å². The van der Waals surface area contributed by atoms with Crippen molar-refractivity contribution in [2.45, 2.75) is 38.5 Å². The van der Waals surface area contributed by atoms with Crippen molar-refractivity contribution in [3.05, 3.63) is 24.4 Å². The summed E-state index contributed by atoms with van der Waals surface area (Å²) >= 11 is 0. The summed E-state index contributed by atoms with van der Waals surface area (Å²) in [6, 6.07) is 5.86. The predicted octanol–water partition coefficient (Wildman–Crippen LogP) is 1.99. The Morgan fingerprint density at radius 1 is 1.00 bits per heavy atom. The summed E-state index contributed by atoms with van der Waals surface area (Å²) in [5, 5.41) is 2.85. The number of carbonyl (C=O) groups excluding carboxylic acids is 2. The number of amides is 2. The molecular formula is C19H33Cl2N5O2. The molecule has 0 unspecified atom stereocenters. The summed E-state index contributed by atoms with van der Waals surface area (Å²) in [7, 11) is 0. The lowest BCUT2D eigenvalue weighted by Crippen LogP contribution is -2.49. The van der Waals surface area contributed by atoms with Gasteiger partial charge in [0, 0.05) is 51.8 Å². The molecule has 1 fully saturated rings. The number of carbonyl (C=O) groups is 2. The number of rotatable bonds is 10. The summed E-state index contributed by atoms with van der Waals surface area (Å²) in [4.78, 5) is 32.5. The van der Waals surface area contributed by atoms with Crippen LogP contribution in [0.15, 0.2) is 24.4 Å². The van der Waals surface area contributed by atoms with Gasteiger partial charge < -0.3 is 20.9 Å². The van der Waals surface area contributed by atoms with Crippen LogP contribution >= 0.6 is 24.8 Å². The van der Waals surface area contributed by atoms with Crippen molar-refractivity contribution in [2.75, 3.05) is 44.2 Å². The van der Waals surface area contributed by atoms with Crippen molar-refractivity contribution >= 4 is 42.4 Å². The lowest BCUT2D eigenvalue weighted by Gasteiger charge is -2.35. The quantitative estimate of drug-likeness (QED) is 0.550. The molecule has 2 amide bonds. The molecule has 2 heterocycles. The van der Waals surface area contributed by atoms with E-state index in [2.05, 4.69) is 15.2 Å². The standard InChI is InChI=1S/C19H31N5O2.2ClH/c20-10-5-2-1-3-8-18(25)22-12-9-19(26)24-15-13-23(14-16-24)17-7-4-6-11-21-17;;/h4,6-7,11H,1-3,5,8-10,12-16,20H2,(H,22,25);2*1H. The van der Waals surface area contributed by atoms with E-state index in [9.17, 15) is 9.59 Å². The molecule has 1 saturated heterocycles. The van der Waals surface area contributed by atoms with Crippen LogP contribution in [0, 0.1) is 0 Å². The van der Waals surface area contributed by atoms with Crippen molar-refractivity contribution in [3.8, 4) is 0 Å². The van der Waals surface area contributed by atoms with Crippen molar-refractivity contribution in [3.63, 3.8) is 0 Å². The minimum absolute atomic E-state index is 0. The van der Waals surface area contributed by atoms with Crippen LogP contribution < -0.4 is 16.0 Å². The molecule has 160 valence electrons. The third-order valence-corrected chi connectivity index (χ3v) is 4.62. The first-order valence-electron chi connectivity index (χ1n) is 9.61. The fourth-order valence-electron chi connectivity index (χ4n) is 3.06. The first-order chi connectivity index (χ1) is 12.7. The number of pyridine rings is 1. The van der Waals surface area contributed by atoms with Crippen molar-refractivity contribution in [2.24, 2.45) is 5.73 Å². The zero-order valence-corrected chi connectivity index (χ0v) is 18.0.